The predicted molar refractivity (Wildman–Crippen MR) is 174 cm³/mol. The number of aliphatic carboxylic acids is 1. The molecular weight excluding hydrogens is 604 g/mol. The average Bonchev–Trinajstić information content (AvgIpc) is 3.26. The number of nitrogens with zero attached hydrogens (tertiary/aromatic N) is 1. The van der Waals surface area contributed by atoms with Crippen molar-refractivity contribution in [2.45, 2.75) is 69.4 Å². The van der Waals surface area contributed by atoms with Crippen molar-refractivity contribution in [3.8, 4) is 17.0 Å². The van der Waals surface area contributed by atoms with Gasteiger partial charge in [0.2, 0.25) is 5.91 Å². The normalized spacial score (nSPS) is 17.2. The fourth-order valence-corrected chi connectivity index (χ4v) is 7.25. The van der Waals surface area contributed by atoms with Gasteiger partial charge in [-0.15, -0.1) is 0 Å². The predicted octanol–water partition coefficient (Wildman–Crippen LogP) is 7.42. The van der Waals surface area contributed by atoms with Gasteiger partial charge in [-0.25, -0.2) is 13.6 Å². The quantitative estimate of drug-likeness (QED) is 0.183. The third-order valence-corrected chi connectivity index (χ3v) is 9.81. The van der Waals surface area contributed by atoms with E-state index >= 15 is 0 Å². The number of carboxylic acids is 1. The number of aromatic nitrogens is 1. The van der Waals surface area contributed by atoms with Gasteiger partial charge in [0.1, 0.15) is 17.9 Å². The Bertz CT molecular complexity index is 1920. The molecule has 2 heterocycles. The van der Waals surface area contributed by atoms with Crippen molar-refractivity contribution in [2.24, 2.45) is 0 Å². The molecule has 0 atom stereocenters. The Morgan fingerprint density at radius 1 is 0.936 bits per heavy atom. The summed E-state index contributed by atoms with van der Waals surface area (Å²) in [5, 5.41) is 15.7. The molecule has 3 aromatic carbocycles. The number of nitrogens with one attached hydrogen (secondary N) is 2. The van der Waals surface area contributed by atoms with E-state index in [1.165, 1.54) is 18.6 Å². The van der Waals surface area contributed by atoms with Gasteiger partial charge in [0, 0.05) is 39.9 Å². The van der Waals surface area contributed by atoms with Crippen molar-refractivity contribution in [1.29, 1.82) is 0 Å². The number of hydrogen-bond donors (Lipinski definition) is 3. The standard InChI is InChI=1S/C37H35F2N3O5/c38-28-20-27-31(21-29(28)39)47-18-17-42-30-19-24(10-13-26(30)33(34(27)42)23-5-2-1-3-6-23)35(45)41-37(15-4-16-37)36(46)40-25-11-7-22(8-12-25)9-14-32(43)44/h7-14,19-21,23H,1-6,15-18H2,(H,40,46)(H,41,45)(H,43,44)/b14-9+. The summed E-state index contributed by atoms with van der Waals surface area (Å²) in [5.74, 6) is -3.07. The molecule has 1 aliphatic heterocycles. The molecule has 0 saturated heterocycles. The summed E-state index contributed by atoms with van der Waals surface area (Å²) >= 11 is 0. The van der Waals surface area contributed by atoms with Gasteiger partial charge in [0.15, 0.2) is 11.6 Å². The Hall–Kier alpha value is -4.99. The van der Waals surface area contributed by atoms with Crippen LogP contribution in [0.25, 0.3) is 28.2 Å². The number of rotatable bonds is 7. The van der Waals surface area contributed by atoms with E-state index in [-0.39, 0.29) is 24.3 Å². The Morgan fingerprint density at radius 2 is 1.68 bits per heavy atom. The first-order valence-electron chi connectivity index (χ1n) is 16.2. The zero-order chi connectivity index (χ0) is 32.7. The number of ether oxygens (including phenoxy) is 1. The minimum Gasteiger partial charge on any atom is -0.491 e. The van der Waals surface area contributed by atoms with E-state index in [1.54, 1.807) is 30.3 Å². The highest BCUT2D eigenvalue weighted by molar-refractivity contribution is 6.06. The minimum atomic E-state index is -1.06. The number of hydrogen-bond acceptors (Lipinski definition) is 4. The number of amides is 2. The highest BCUT2D eigenvalue weighted by Gasteiger charge is 2.45. The smallest absolute Gasteiger partial charge is 0.328 e. The van der Waals surface area contributed by atoms with E-state index in [2.05, 4.69) is 15.2 Å². The second kappa shape index (κ2) is 12.3. The van der Waals surface area contributed by atoms with Crippen LogP contribution in [0.4, 0.5) is 14.5 Å². The molecule has 7 rings (SSSR count). The van der Waals surface area contributed by atoms with Crippen LogP contribution in [0, 0.1) is 11.6 Å². The van der Waals surface area contributed by atoms with Gasteiger partial charge in [0.25, 0.3) is 5.91 Å². The van der Waals surface area contributed by atoms with E-state index < -0.39 is 23.1 Å². The molecule has 2 fully saturated rings. The molecule has 242 valence electrons. The molecule has 47 heavy (non-hydrogen) atoms. The third kappa shape index (κ3) is 5.77. The van der Waals surface area contributed by atoms with Crippen LogP contribution in [0.15, 0.2) is 60.7 Å². The van der Waals surface area contributed by atoms with Crippen LogP contribution in [-0.2, 0) is 16.1 Å². The van der Waals surface area contributed by atoms with E-state index in [1.807, 2.05) is 12.1 Å². The Balaban J connectivity index is 1.20. The van der Waals surface area contributed by atoms with Gasteiger partial charge < -0.3 is 25.0 Å². The maximum atomic E-state index is 14.7. The molecule has 0 radical (unpaired) electrons. The fourth-order valence-electron chi connectivity index (χ4n) is 7.25. The summed E-state index contributed by atoms with van der Waals surface area (Å²) in [6.45, 7) is 0.703. The SMILES string of the molecule is O=C(O)/C=C/c1ccc(NC(=O)C2(NC(=O)c3ccc4c(C5CCCCC5)c5n(c4c3)CCOc3cc(F)c(F)cc3-5)CCC2)cc1. The van der Waals surface area contributed by atoms with Crippen molar-refractivity contribution in [1.82, 2.24) is 9.88 Å². The molecule has 3 aliphatic rings. The van der Waals surface area contributed by atoms with Crippen molar-refractivity contribution in [3.05, 3.63) is 89.0 Å². The number of anilines is 1. The molecule has 2 saturated carbocycles. The van der Waals surface area contributed by atoms with E-state index in [9.17, 15) is 23.2 Å². The molecule has 0 spiro atoms. The number of halogens is 2. The van der Waals surface area contributed by atoms with Gasteiger partial charge in [-0.3, -0.25) is 9.59 Å². The maximum Gasteiger partial charge on any atom is 0.328 e. The van der Waals surface area contributed by atoms with Gasteiger partial charge in [-0.2, -0.15) is 0 Å². The second-order valence-corrected chi connectivity index (χ2v) is 12.7. The molecule has 10 heteroatoms. The highest BCUT2D eigenvalue weighted by atomic mass is 19.2. The molecule has 0 unspecified atom stereocenters. The van der Waals surface area contributed by atoms with Crippen molar-refractivity contribution in [2.75, 3.05) is 11.9 Å². The van der Waals surface area contributed by atoms with Crippen molar-refractivity contribution in [3.63, 3.8) is 0 Å². The average molecular weight is 640 g/mol. The van der Waals surface area contributed by atoms with Crippen LogP contribution in [0.2, 0.25) is 0 Å². The lowest BCUT2D eigenvalue weighted by Crippen LogP contribution is -2.61. The molecule has 1 aromatic heterocycles. The van der Waals surface area contributed by atoms with Crippen LogP contribution in [0.1, 0.15) is 78.8 Å². The van der Waals surface area contributed by atoms with E-state index in [0.29, 0.717) is 47.5 Å². The lowest BCUT2D eigenvalue weighted by molar-refractivity contribution is -0.131. The molecular formula is C37H35F2N3O5. The molecule has 2 amide bonds. The molecule has 3 N–H and O–H groups in total. The molecule has 4 aromatic rings. The Kier molecular flexibility index (Phi) is 8.03. The summed E-state index contributed by atoms with van der Waals surface area (Å²) in [6.07, 6.45) is 9.62. The third-order valence-electron chi connectivity index (χ3n) is 9.81. The van der Waals surface area contributed by atoms with Crippen LogP contribution in [-0.4, -0.2) is 39.6 Å². The molecule has 0 bridgehead atoms. The first-order valence-corrected chi connectivity index (χ1v) is 16.2. The summed E-state index contributed by atoms with van der Waals surface area (Å²) < 4.78 is 36.9. The van der Waals surface area contributed by atoms with Crippen LogP contribution >= 0.6 is 0 Å². The number of carbonyl (C=O) groups is 3. The summed E-state index contributed by atoms with van der Waals surface area (Å²) in [4.78, 5) is 38.0. The lowest BCUT2D eigenvalue weighted by Gasteiger charge is -2.40. The first-order chi connectivity index (χ1) is 22.7. The second-order valence-electron chi connectivity index (χ2n) is 12.7. The van der Waals surface area contributed by atoms with Gasteiger partial charge in [-0.1, -0.05) is 37.5 Å². The number of carboxylic acid groups (broad SMARTS) is 1. The topological polar surface area (TPSA) is 110 Å². The van der Waals surface area contributed by atoms with Crippen molar-refractivity contribution < 1.29 is 33.0 Å². The highest BCUT2D eigenvalue weighted by Crippen LogP contribution is 2.47. The number of benzene rings is 3. The van der Waals surface area contributed by atoms with Crippen LogP contribution in [0.3, 0.4) is 0 Å². The monoisotopic (exact) mass is 639 g/mol. The maximum absolute atomic E-state index is 14.7. The van der Waals surface area contributed by atoms with Crippen LogP contribution < -0.4 is 15.4 Å². The summed E-state index contributed by atoms with van der Waals surface area (Å²) in [6, 6.07) is 14.7. The number of carbonyl (C=O) groups excluding carboxylic acids is 2. The number of fused-ring (bicyclic) bond motifs is 5. The summed E-state index contributed by atoms with van der Waals surface area (Å²) in [7, 11) is 0. The lowest BCUT2D eigenvalue weighted by atomic mass is 9.75. The van der Waals surface area contributed by atoms with Crippen molar-refractivity contribution >= 4 is 40.4 Å². The van der Waals surface area contributed by atoms with E-state index in [4.69, 9.17) is 9.84 Å². The summed E-state index contributed by atoms with van der Waals surface area (Å²) in [5.41, 5.74) is 3.78. The van der Waals surface area contributed by atoms with Gasteiger partial charge >= 0.3 is 5.97 Å². The first kappa shape index (κ1) is 30.7. The Labute approximate surface area is 270 Å². The largest absolute Gasteiger partial charge is 0.491 e. The zero-order valence-electron chi connectivity index (χ0n) is 25.8. The van der Waals surface area contributed by atoms with Gasteiger partial charge in [-0.05, 0) is 85.6 Å². The zero-order valence-corrected chi connectivity index (χ0v) is 25.8. The van der Waals surface area contributed by atoms with Gasteiger partial charge in [0.05, 0.1) is 12.2 Å². The van der Waals surface area contributed by atoms with Crippen LogP contribution in [0.5, 0.6) is 5.75 Å². The fraction of sp³-hybridized carbons (Fsp3) is 0.324. The minimum absolute atomic E-state index is 0.241. The van der Waals surface area contributed by atoms with E-state index in [0.717, 1.165) is 66.4 Å². The molecule has 2 aliphatic carbocycles. The Morgan fingerprint density at radius 3 is 2.38 bits per heavy atom. The molecule has 8 nitrogen and oxygen atoms in total.